The minimum absolute atomic E-state index is 0.0152. The van der Waals surface area contributed by atoms with E-state index in [1.807, 2.05) is 30.3 Å². The quantitative estimate of drug-likeness (QED) is 0.389. The second kappa shape index (κ2) is 9.82. The van der Waals surface area contributed by atoms with Crippen LogP contribution in [-0.4, -0.2) is 53.4 Å². The average Bonchev–Trinajstić information content (AvgIpc) is 3.23. The Morgan fingerprint density at radius 2 is 1.63 bits per heavy atom. The number of carbonyl (C=O) groups is 2. The van der Waals surface area contributed by atoms with E-state index in [0.29, 0.717) is 32.5 Å². The summed E-state index contributed by atoms with van der Waals surface area (Å²) >= 11 is 3.56. The molecular formula is C30H29BrN2O5. The maximum Gasteiger partial charge on any atom is 0.409 e. The van der Waals surface area contributed by atoms with E-state index >= 15 is 0 Å². The highest BCUT2D eigenvalue weighted by Crippen LogP contribution is 2.61. The highest BCUT2D eigenvalue weighted by molar-refractivity contribution is 9.10. The van der Waals surface area contributed by atoms with Crippen LogP contribution in [0, 0.1) is 5.41 Å². The lowest BCUT2D eigenvalue weighted by Gasteiger charge is -2.58. The van der Waals surface area contributed by atoms with Gasteiger partial charge in [-0.15, -0.1) is 0 Å². The van der Waals surface area contributed by atoms with Crippen molar-refractivity contribution >= 4 is 28.0 Å². The third-order valence-electron chi connectivity index (χ3n) is 8.47. The average molecular weight is 577 g/mol. The third-order valence-corrected chi connectivity index (χ3v) is 9.11. The number of benzene rings is 2. The number of piperidine rings is 1. The molecule has 1 saturated heterocycles. The van der Waals surface area contributed by atoms with Crippen molar-refractivity contribution in [3.8, 4) is 11.1 Å². The molecule has 8 heteroatoms. The topological polar surface area (TPSA) is 89.0 Å². The van der Waals surface area contributed by atoms with Crippen LogP contribution in [-0.2, 0) is 19.9 Å². The molecule has 1 amide bonds. The molecule has 6 rings (SSSR count). The van der Waals surface area contributed by atoms with E-state index in [-0.39, 0.29) is 24.0 Å². The fraction of sp³-hybridized carbons (Fsp3) is 0.367. The van der Waals surface area contributed by atoms with Gasteiger partial charge in [-0.2, -0.15) is 0 Å². The standard InChI is InChI=1S/C30H29BrN2O5/c31-26-15-32-12-9-25(26)30(38-17-27(34)35)18-29(19-30)10-13-33(14-11-29)28(36)37-16-24-22-7-3-1-5-20(22)21-6-2-4-8-23(21)24/h1-9,12,15,24H,10-11,13-14,16-19H2,(H,34,35). The van der Waals surface area contributed by atoms with E-state index in [4.69, 9.17) is 9.47 Å². The summed E-state index contributed by atoms with van der Waals surface area (Å²) in [6, 6.07) is 18.5. The number of pyridine rings is 1. The third kappa shape index (κ3) is 4.39. The van der Waals surface area contributed by atoms with Crippen LogP contribution in [0.15, 0.2) is 71.5 Å². The van der Waals surface area contributed by atoms with Crippen molar-refractivity contribution in [3.05, 3.63) is 88.2 Å². The Labute approximate surface area is 229 Å². The van der Waals surface area contributed by atoms with Gasteiger partial charge in [-0.05, 0) is 75.3 Å². The molecule has 2 aromatic carbocycles. The van der Waals surface area contributed by atoms with Gasteiger partial charge in [0.1, 0.15) is 13.2 Å². The van der Waals surface area contributed by atoms with E-state index in [0.717, 1.165) is 22.9 Å². The van der Waals surface area contributed by atoms with Gasteiger partial charge in [0.05, 0.1) is 5.60 Å². The van der Waals surface area contributed by atoms with Crippen LogP contribution in [0.2, 0.25) is 0 Å². The minimum atomic E-state index is -0.986. The predicted molar refractivity (Wildman–Crippen MR) is 145 cm³/mol. The van der Waals surface area contributed by atoms with E-state index in [9.17, 15) is 14.7 Å². The summed E-state index contributed by atoms with van der Waals surface area (Å²) in [6.07, 6.45) is 6.24. The van der Waals surface area contributed by atoms with Gasteiger partial charge in [0.25, 0.3) is 0 Å². The molecule has 1 N–H and O–H groups in total. The molecule has 1 aliphatic heterocycles. The van der Waals surface area contributed by atoms with Crippen LogP contribution in [0.3, 0.4) is 0 Å². The Morgan fingerprint density at radius 1 is 1.00 bits per heavy atom. The van der Waals surface area contributed by atoms with Gasteiger partial charge in [0.15, 0.2) is 0 Å². The second-order valence-electron chi connectivity index (χ2n) is 10.7. The molecule has 2 aliphatic carbocycles. The van der Waals surface area contributed by atoms with Gasteiger partial charge in [0, 0.05) is 41.4 Å². The zero-order valence-electron chi connectivity index (χ0n) is 20.9. The molecule has 3 aliphatic rings. The molecular weight excluding hydrogens is 548 g/mol. The van der Waals surface area contributed by atoms with E-state index < -0.39 is 11.6 Å². The number of fused-ring (bicyclic) bond motifs is 3. The fourth-order valence-electron chi connectivity index (χ4n) is 6.68. The molecule has 1 saturated carbocycles. The van der Waals surface area contributed by atoms with Crippen molar-refractivity contribution in [1.29, 1.82) is 0 Å². The number of ether oxygens (including phenoxy) is 2. The molecule has 1 spiro atoms. The number of amides is 1. The highest BCUT2D eigenvalue weighted by Gasteiger charge is 2.58. The molecule has 0 unspecified atom stereocenters. The Morgan fingerprint density at radius 3 is 2.24 bits per heavy atom. The lowest BCUT2D eigenvalue weighted by molar-refractivity contribution is -0.198. The van der Waals surface area contributed by atoms with Crippen LogP contribution in [0.4, 0.5) is 4.79 Å². The second-order valence-corrected chi connectivity index (χ2v) is 11.5. The summed E-state index contributed by atoms with van der Waals surface area (Å²) in [5.74, 6) is -0.944. The van der Waals surface area contributed by atoms with Gasteiger partial charge in [-0.1, -0.05) is 48.5 Å². The van der Waals surface area contributed by atoms with Crippen LogP contribution in [0.1, 0.15) is 48.3 Å². The van der Waals surface area contributed by atoms with Gasteiger partial charge in [-0.25, -0.2) is 9.59 Å². The first kappa shape index (κ1) is 25.1. The van der Waals surface area contributed by atoms with Crippen LogP contribution in [0.5, 0.6) is 0 Å². The van der Waals surface area contributed by atoms with E-state index in [2.05, 4.69) is 45.2 Å². The van der Waals surface area contributed by atoms with Gasteiger partial charge in [-0.3, -0.25) is 4.98 Å². The highest BCUT2D eigenvalue weighted by atomic mass is 79.9. The summed E-state index contributed by atoms with van der Waals surface area (Å²) in [5.41, 5.74) is 5.11. The molecule has 0 atom stereocenters. The van der Waals surface area contributed by atoms with Gasteiger partial charge in [0.2, 0.25) is 0 Å². The molecule has 196 valence electrons. The Hall–Kier alpha value is -3.23. The number of carboxylic acids is 1. The number of aliphatic carboxylic acids is 1. The molecule has 7 nitrogen and oxygen atoms in total. The van der Waals surface area contributed by atoms with Gasteiger partial charge < -0.3 is 19.5 Å². The summed E-state index contributed by atoms with van der Waals surface area (Å²) in [6.45, 7) is 1.19. The number of carbonyl (C=O) groups excluding carboxylic acids is 1. The van der Waals surface area contributed by atoms with Crippen molar-refractivity contribution in [1.82, 2.24) is 9.88 Å². The predicted octanol–water partition coefficient (Wildman–Crippen LogP) is 5.97. The summed E-state index contributed by atoms with van der Waals surface area (Å²) < 4.78 is 12.7. The van der Waals surface area contributed by atoms with Crippen molar-refractivity contribution in [2.75, 3.05) is 26.3 Å². The first-order chi connectivity index (χ1) is 18.4. The fourth-order valence-corrected chi connectivity index (χ4v) is 7.29. The zero-order valence-corrected chi connectivity index (χ0v) is 22.5. The molecule has 2 heterocycles. The van der Waals surface area contributed by atoms with Crippen molar-refractivity contribution in [2.45, 2.75) is 37.2 Å². The summed E-state index contributed by atoms with van der Waals surface area (Å²) in [7, 11) is 0. The molecule has 2 fully saturated rings. The first-order valence-electron chi connectivity index (χ1n) is 13.0. The smallest absolute Gasteiger partial charge is 0.409 e. The lowest BCUT2D eigenvalue weighted by atomic mass is 9.53. The Kier molecular flexibility index (Phi) is 6.48. The van der Waals surface area contributed by atoms with Crippen molar-refractivity contribution < 1.29 is 24.2 Å². The Bertz CT molecular complexity index is 1330. The summed E-state index contributed by atoms with van der Waals surface area (Å²) in [4.78, 5) is 30.3. The SMILES string of the molecule is O=C(O)COC1(c2ccncc2Br)CC2(CCN(C(=O)OCC3c4ccccc4-c4ccccc43)CC2)C1. The molecule has 0 bridgehead atoms. The van der Waals surface area contributed by atoms with E-state index in [1.54, 1.807) is 17.3 Å². The molecule has 1 aromatic heterocycles. The first-order valence-corrected chi connectivity index (χ1v) is 13.7. The molecule has 0 radical (unpaired) electrons. The van der Waals surface area contributed by atoms with Crippen LogP contribution < -0.4 is 0 Å². The maximum atomic E-state index is 13.1. The number of rotatable bonds is 6. The monoisotopic (exact) mass is 576 g/mol. The largest absolute Gasteiger partial charge is 0.480 e. The number of hydrogen-bond donors (Lipinski definition) is 1. The molecule has 3 aromatic rings. The maximum absolute atomic E-state index is 13.1. The zero-order chi connectivity index (χ0) is 26.3. The van der Waals surface area contributed by atoms with E-state index in [1.165, 1.54) is 22.3 Å². The molecule has 38 heavy (non-hydrogen) atoms. The summed E-state index contributed by atoms with van der Waals surface area (Å²) in [5, 5.41) is 9.24. The van der Waals surface area contributed by atoms with Crippen molar-refractivity contribution in [2.24, 2.45) is 5.41 Å². The number of carboxylic acid groups (broad SMARTS) is 1. The van der Waals surface area contributed by atoms with Gasteiger partial charge >= 0.3 is 12.1 Å². The number of halogens is 1. The number of aromatic nitrogens is 1. The lowest BCUT2D eigenvalue weighted by Crippen LogP contribution is -2.56. The van der Waals surface area contributed by atoms with Crippen LogP contribution in [0.25, 0.3) is 11.1 Å². The van der Waals surface area contributed by atoms with Crippen molar-refractivity contribution in [3.63, 3.8) is 0 Å². The normalized spacial score (nSPS) is 18.9. The minimum Gasteiger partial charge on any atom is -0.480 e. The Balaban J connectivity index is 1.08. The number of hydrogen-bond acceptors (Lipinski definition) is 5. The number of likely N-dealkylation sites (tertiary alicyclic amines) is 1. The number of nitrogens with zero attached hydrogens (tertiary/aromatic N) is 2. The van der Waals surface area contributed by atoms with Crippen LogP contribution >= 0.6 is 15.9 Å².